The van der Waals surface area contributed by atoms with Gasteiger partial charge in [-0.1, -0.05) is 0 Å². The van der Waals surface area contributed by atoms with Gasteiger partial charge in [-0.25, -0.2) is 17.9 Å². The second-order valence-corrected chi connectivity index (χ2v) is 7.69. The molecule has 2 aromatic heterocycles. The Labute approximate surface area is 181 Å². The zero-order chi connectivity index (χ0) is 22.3. The fourth-order valence-electron chi connectivity index (χ4n) is 4.07. The molecule has 0 N–H and O–H groups in total. The number of nitrogens with zero attached hydrogens (tertiary/aromatic N) is 4. The molecule has 2 fully saturated rings. The standard InChI is InChI=1S/C22H19F3N4O3/c23-16-11-15(12-17(24)20(16)25)29-19(14-1-5-26-6-2-14)13-18(27-29)21(30)28-7-3-22(4-8-28)31-9-10-32-22/h1-2,5-6,11-13H,3-4,7-10H2. The van der Waals surface area contributed by atoms with Crippen LogP contribution in [0, 0.1) is 17.5 Å². The van der Waals surface area contributed by atoms with Gasteiger partial charge in [-0.2, -0.15) is 5.10 Å². The summed E-state index contributed by atoms with van der Waals surface area (Å²) in [5, 5.41) is 4.32. The number of ether oxygens (including phenoxy) is 2. The number of likely N-dealkylation sites (tertiary alicyclic amines) is 1. The van der Waals surface area contributed by atoms with Crippen LogP contribution in [0.5, 0.6) is 0 Å². The van der Waals surface area contributed by atoms with Crippen molar-refractivity contribution in [2.24, 2.45) is 0 Å². The SMILES string of the molecule is O=C(c1cc(-c2ccncc2)n(-c2cc(F)c(F)c(F)c2)n1)N1CCC2(CC1)OCCO2. The molecule has 1 spiro atoms. The maximum absolute atomic E-state index is 13.9. The highest BCUT2D eigenvalue weighted by atomic mass is 19.2. The quantitative estimate of drug-likeness (QED) is 0.580. The van der Waals surface area contributed by atoms with Crippen molar-refractivity contribution in [2.75, 3.05) is 26.3 Å². The van der Waals surface area contributed by atoms with Crippen molar-refractivity contribution in [3.8, 4) is 16.9 Å². The normalized spacial score (nSPS) is 17.8. The van der Waals surface area contributed by atoms with Crippen LogP contribution in [0.1, 0.15) is 23.3 Å². The average molecular weight is 444 g/mol. The summed E-state index contributed by atoms with van der Waals surface area (Å²) in [5.74, 6) is -5.21. The van der Waals surface area contributed by atoms with Crippen LogP contribution in [0.2, 0.25) is 0 Å². The summed E-state index contributed by atoms with van der Waals surface area (Å²) in [6, 6.07) is 6.58. The van der Waals surface area contributed by atoms with Gasteiger partial charge in [0.15, 0.2) is 28.9 Å². The molecule has 0 radical (unpaired) electrons. The van der Waals surface area contributed by atoms with Gasteiger partial charge in [0.05, 0.1) is 24.6 Å². The van der Waals surface area contributed by atoms with Gasteiger partial charge in [0.1, 0.15) is 0 Å². The molecule has 0 saturated carbocycles. The predicted octanol–water partition coefficient (Wildman–Crippen LogP) is 3.33. The van der Waals surface area contributed by atoms with Crippen LogP contribution in [0.25, 0.3) is 16.9 Å². The molecule has 2 aliphatic heterocycles. The summed E-state index contributed by atoms with van der Waals surface area (Å²) in [5.41, 5.74) is 1.10. The number of carbonyl (C=O) groups excluding carboxylic acids is 1. The Morgan fingerprint density at radius 2 is 1.59 bits per heavy atom. The summed E-state index contributed by atoms with van der Waals surface area (Å²) in [6.45, 7) is 1.93. The summed E-state index contributed by atoms with van der Waals surface area (Å²) in [6.07, 6.45) is 4.19. The molecule has 0 unspecified atom stereocenters. The molecule has 5 rings (SSSR count). The van der Waals surface area contributed by atoms with E-state index in [0.717, 1.165) is 12.1 Å². The zero-order valence-corrected chi connectivity index (χ0v) is 16.9. The number of aromatic nitrogens is 3. The summed E-state index contributed by atoms with van der Waals surface area (Å²) in [7, 11) is 0. The van der Waals surface area contributed by atoms with Crippen molar-refractivity contribution in [3.63, 3.8) is 0 Å². The lowest BCUT2D eigenvalue weighted by molar-refractivity contribution is -0.181. The molecule has 32 heavy (non-hydrogen) atoms. The van der Waals surface area contributed by atoms with Gasteiger partial charge in [-0.15, -0.1) is 0 Å². The van der Waals surface area contributed by atoms with Gasteiger partial charge >= 0.3 is 0 Å². The molecule has 0 aliphatic carbocycles. The molecule has 4 heterocycles. The number of carbonyl (C=O) groups is 1. The molecular weight excluding hydrogens is 425 g/mol. The molecule has 1 amide bonds. The molecule has 0 bridgehead atoms. The topological polar surface area (TPSA) is 69.5 Å². The van der Waals surface area contributed by atoms with Gasteiger partial charge < -0.3 is 14.4 Å². The van der Waals surface area contributed by atoms with Crippen LogP contribution in [0.3, 0.4) is 0 Å². The number of hydrogen-bond donors (Lipinski definition) is 0. The highest BCUT2D eigenvalue weighted by Crippen LogP contribution is 2.32. The first-order chi connectivity index (χ1) is 15.5. The van der Waals surface area contributed by atoms with Gasteiger partial charge in [0.2, 0.25) is 0 Å². The van der Waals surface area contributed by atoms with Gasteiger partial charge in [0, 0.05) is 56.0 Å². The Bertz CT molecular complexity index is 1130. The molecule has 7 nitrogen and oxygen atoms in total. The molecule has 1 aromatic carbocycles. The number of rotatable bonds is 3. The molecule has 166 valence electrons. The number of halogens is 3. The van der Waals surface area contributed by atoms with E-state index < -0.39 is 23.2 Å². The number of amides is 1. The van der Waals surface area contributed by atoms with Crippen LogP contribution in [-0.2, 0) is 9.47 Å². The molecule has 3 aromatic rings. The second kappa shape index (κ2) is 8.03. The number of benzene rings is 1. The molecule has 0 atom stereocenters. The van der Waals surface area contributed by atoms with E-state index >= 15 is 0 Å². The van der Waals surface area contributed by atoms with E-state index in [1.165, 1.54) is 4.68 Å². The second-order valence-electron chi connectivity index (χ2n) is 7.69. The van der Waals surface area contributed by atoms with Crippen LogP contribution >= 0.6 is 0 Å². The Morgan fingerprint density at radius 3 is 2.22 bits per heavy atom. The van der Waals surface area contributed by atoms with E-state index in [9.17, 15) is 18.0 Å². The van der Waals surface area contributed by atoms with Gasteiger partial charge in [0.25, 0.3) is 5.91 Å². The van der Waals surface area contributed by atoms with Crippen molar-refractivity contribution in [1.29, 1.82) is 0 Å². The first-order valence-electron chi connectivity index (χ1n) is 10.2. The Balaban J connectivity index is 1.49. The number of hydrogen-bond acceptors (Lipinski definition) is 5. The molecule has 2 aliphatic rings. The summed E-state index contributed by atoms with van der Waals surface area (Å²) in [4.78, 5) is 18.8. The number of pyridine rings is 1. The fourth-order valence-corrected chi connectivity index (χ4v) is 4.07. The van der Waals surface area contributed by atoms with Crippen molar-refractivity contribution in [3.05, 3.63) is 65.9 Å². The summed E-state index contributed by atoms with van der Waals surface area (Å²) >= 11 is 0. The van der Waals surface area contributed by atoms with E-state index in [2.05, 4.69) is 10.1 Å². The number of piperidine rings is 1. The third kappa shape index (κ3) is 3.65. The molecular formula is C22H19F3N4O3. The minimum absolute atomic E-state index is 0.0439. The monoisotopic (exact) mass is 444 g/mol. The average Bonchev–Trinajstić information content (AvgIpc) is 3.46. The first kappa shape index (κ1) is 20.7. The minimum atomic E-state index is -1.57. The van der Waals surface area contributed by atoms with Crippen LogP contribution in [0.4, 0.5) is 13.2 Å². The van der Waals surface area contributed by atoms with Gasteiger partial charge in [-0.3, -0.25) is 9.78 Å². The van der Waals surface area contributed by atoms with Crippen molar-refractivity contribution >= 4 is 5.91 Å². The maximum Gasteiger partial charge on any atom is 0.274 e. The Hall–Kier alpha value is -3.24. The Morgan fingerprint density at radius 1 is 0.969 bits per heavy atom. The van der Waals surface area contributed by atoms with Crippen molar-refractivity contribution in [2.45, 2.75) is 18.6 Å². The lowest BCUT2D eigenvalue weighted by Crippen LogP contribution is -2.47. The lowest BCUT2D eigenvalue weighted by Gasteiger charge is -2.37. The van der Waals surface area contributed by atoms with Gasteiger partial charge in [-0.05, 0) is 18.2 Å². The van der Waals surface area contributed by atoms with E-state index in [1.807, 2.05) is 0 Å². The largest absolute Gasteiger partial charge is 0.347 e. The van der Waals surface area contributed by atoms with Crippen molar-refractivity contribution in [1.82, 2.24) is 19.7 Å². The zero-order valence-electron chi connectivity index (χ0n) is 16.9. The van der Waals surface area contributed by atoms with E-state index in [0.29, 0.717) is 50.4 Å². The third-order valence-electron chi connectivity index (χ3n) is 5.74. The predicted molar refractivity (Wildman–Crippen MR) is 106 cm³/mol. The fraction of sp³-hybridized carbons (Fsp3) is 0.318. The summed E-state index contributed by atoms with van der Waals surface area (Å²) < 4.78 is 53.9. The highest BCUT2D eigenvalue weighted by Gasteiger charge is 2.41. The highest BCUT2D eigenvalue weighted by molar-refractivity contribution is 5.93. The molecule has 2 saturated heterocycles. The maximum atomic E-state index is 13.9. The molecule has 10 heteroatoms. The minimum Gasteiger partial charge on any atom is -0.347 e. The lowest BCUT2D eigenvalue weighted by atomic mass is 10.0. The van der Waals surface area contributed by atoms with Crippen molar-refractivity contribution < 1.29 is 27.4 Å². The first-order valence-corrected chi connectivity index (χ1v) is 10.2. The van der Waals surface area contributed by atoms with Crippen LogP contribution in [0.15, 0.2) is 42.7 Å². The van der Waals surface area contributed by atoms with Crippen LogP contribution in [-0.4, -0.2) is 57.7 Å². The van der Waals surface area contributed by atoms with E-state index in [-0.39, 0.29) is 17.3 Å². The third-order valence-corrected chi connectivity index (χ3v) is 5.74. The Kier molecular flexibility index (Phi) is 5.18. The smallest absolute Gasteiger partial charge is 0.274 e. The van der Waals surface area contributed by atoms with Crippen LogP contribution < -0.4 is 0 Å². The van der Waals surface area contributed by atoms with E-state index in [1.54, 1.807) is 35.5 Å². The van der Waals surface area contributed by atoms with E-state index in [4.69, 9.17) is 9.47 Å².